The standard InChI is InChI=1S/C29H26O6/c1-7-22-8-10-23(11-9-22)12-13-24-14-16-25(17-15-24)35-28(32)29(6,18-33-26(30)20(2)3)19-34-27(31)21(4)5/h1,8-11,14-17H,2,4,18-19H2,3,5-6H3. The van der Waals surface area contributed by atoms with Gasteiger partial charge in [-0.05, 0) is 69.3 Å². The fourth-order valence-corrected chi connectivity index (χ4v) is 2.49. The van der Waals surface area contributed by atoms with Crippen molar-refractivity contribution in [2.75, 3.05) is 13.2 Å². The van der Waals surface area contributed by atoms with Crippen molar-refractivity contribution < 1.29 is 28.6 Å². The molecule has 0 aliphatic rings. The number of ether oxygens (including phenoxy) is 3. The van der Waals surface area contributed by atoms with Crippen molar-refractivity contribution in [3.63, 3.8) is 0 Å². The van der Waals surface area contributed by atoms with E-state index in [1.54, 1.807) is 24.3 Å². The molecule has 0 unspecified atom stereocenters. The molecule has 0 atom stereocenters. The Balaban J connectivity index is 2.12. The first-order valence-corrected chi connectivity index (χ1v) is 10.6. The molecule has 178 valence electrons. The van der Waals surface area contributed by atoms with Crippen molar-refractivity contribution >= 4 is 17.9 Å². The summed E-state index contributed by atoms with van der Waals surface area (Å²) in [5.41, 5.74) is 1.17. The molecule has 0 aliphatic heterocycles. The predicted molar refractivity (Wildman–Crippen MR) is 132 cm³/mol. The van der Waals surface area contributed by atoms with Gasteiger partial charge in [0, 0.05) is 27.8 Å². The zero-order valence-electron chi connectivity index (χ0n) is 20.0. The van der Waals surface area contributed by atoms with Crippen molar-refractivity contribution in [2.45, 2.75) is 20.8 Å². The van der Waals surface area contributed by atoms with Gasteiger partial charge in [-0.3, -0.25) is 4.79 Å². The minimum Gasteiger partial charge on any atom is -0.461 e. The van der Waals surface area contributed by atoms with Crippen LogP contribution in [-0.2, 0) is 23.9 Å². The highest BCUT2D eigenvalue weighted by atomic mass is 16.6. The molecule has 0 saturated heterocycles. The smallest absolute Gasteiger partial charge is 0.333 e. The average Bonchev–Trinajstić information content (AvgIpc) is 2.85. The van der Waals surface area contributed by atoms with Crippen molar-refractivity contribution in [1.29, 1.82) is 0 Å². The van der Waals surface area contributed by atoms with E-state index in [1.807, 2.05) is 24.3 Å². The first-order chi connectivity index (χ1) is 16.5. The largest absolute Gasteiger partial charge is 0.461 e. The van der Waals surface area contributed by atoms with Gasteiger partial charge in [0.1, 0.15) is 24.4 Å². The van der Waals surface area contributed by atoms with Crippen LogP contribution in [0.25, 0.3) is 0 Å². The summed E-state index contributed by atoms with van der Waals surface area (Å²) in [6, 6.07) is 13.9. The van der Waals surface area contributed by atoms with Crippen LogP contribution < -0.4 is 4.74 Å². The van der Waals surface area contributed by atoms with Crippen molar-refractivity contribution in [3.05, 3.63) is 89.5 Å². The van der Waals surface area contributed by atoms with Crippen LogP contribution in [-0.4, -0.2) is 31.1 Å². The molecule has 6 nitrogen and oxygen atoms in total. The zero-order chi connectivity index (χ0) is 26.0. The van der Waals surface area contributed by atoms with E-state index in [2.05, 4.69) is 30.9 Å². The van der Waals surface area contributed by atoms with E-state index in [1.165, 1.54) is 20.8 Å². The Morgan fingerprint density at radius 1 is 0.800 bits per heavy atom. The van der Waals surface area contributed by atoms with E-state index >= 15 is 0 Å². The van der Waals surface area contributed by atoms with Gasteiger partial charge in [0.2, 0.25) is 0 Å². The topological polar surface area (TPSA) is 78.9 Å². The quantitative estimate of drug-likeness (QED) is 0.249. The summed E-state index contributed by atoms with van der Waals surface area (Å²) >= 11 is 0. The predicted octanol–water partition coefficient (Wildman–Crippen LogP) is 4.22. The Labute approximate surface area is 205 Å². The van der Waals surface area contributed by atoms with E-state index in [4.69, 9.17) is 20.6 Å². The maximum Gasteiger partial charge on any atom is 0.333 e. The second-order valence-electron chi connectivity index (χ2n) is 8.16. The van der Waals surface area contributed by atoms with Gasteiger partial charge in [0.15, 0.2) is 0 Å². The molecule has 0 bridgehead atoms. The number of rotatable bonds is 8. The second kappa shape index (κ2) is 12.1. The molecule has 0 aromatic heterocycles. The third kappa shape index (κ3) is 8.07. The molecular weight excluding hydrogens is 444 g/mol. The minimum absolute atomic E-state index is 0.170. The number of carbonyl (C=O) groups is 3. The van der Waals surface area contributed by atoms with E-state index < -0.39 is 23.3 Å². The van der Waals surface area contributed by atoms with Gasteiger partial charge < -0.3 is 14.2 Å². The first kappa shape index (κ1) is 26.7. The van der Waals surface area contributed by atoms with Crippen molar-refractivity contribution in [3.8, 4) is 29.9 Å². The summed E-state index contributed by atoms with van der Waals surface area (Å²) in [7, 11) is 0. The molecule has 0 saturated carbocycles. The summed E-state index contributed by atoms with van der Waals surface area (Å²) in [5, 5.41) is 0. The molecule has 0 amide bonds. The van der Waals surface area contributed by atoms with Gasteiger partial charge in [-0.1, -0.05) is 30.9 Å². The van der Waals surface area contributed by atoms with E-state index in [0.717, 1.165) is 11.1 Å². The lowest BCUT2D eigenvalue weighted by Crippen LogP contribution is -2.42. The van der Waals surface area contributed by atoms with E-state index in [0.29, 0.717) is 5.56 Å². The van der Waals surface area contributed by atoms with Crippen LogP contribution in [0.2, 0.25) is 0 Å². The molecular formula is C29H26O6. The van der Waals surface area contributed by atoms with Gasteiger partial charge >= 0.3 is 17.9 Å². The molecule has 2 aromatic carbocycles. The van der Waals surface area contributed by atoms with Crippen LogP contribution in [0.4, 0.5) is 0 Å². The molecule has 2 rings (SSSR count). The zero-order valence-corrected chi connectivity index (χ0v) is 20.0. The Hall–Kier alpha value is -4.55. The lowest BCUT2D eigenvalue weighted by molar-refractivity contribution is -0.161. The number of esters is 3. The Morgan fingerprint density at radius 3 is 1.60 bits per heavy atom. The summed E-state index contributed by atoms with van der Waals surface area (Å²) in [6.45, 7) is 10.7. The monoisotopic (exact) mass is 470 g/mol. The highest BCUT2D eigenvalue weighted by Gasteiger charge is 2.39. The Kier molecular flexibility index (Phi) is 9.20. The van der Waals surface area contributed by atoms with Gasteiger partial charge in [0.05, 0.1) is 0 Å². The first-order valence-electron chi connectivity index (χ1n) is 10.6. The van der Waals surface area contributed by atoms with Crippen LogP contribution >= 0.6 is 0 Å². The number of benzene rings is 2. The van der Waals surface area contributed by atoms with Crippen LogP contribution in [0, 0.1) is 29.6 Å². The summed E-state index contributed by atoms with van der Waals surface area (Å²) in [5.74, 6) is 6.77. The molecule has 0 aliphatic carbocycles. The highest BCUT2D eigenvalue weighted by molar-refractivity contribution is 5.88. The van der Waals surface area contributed by atoms with Crippen LogP contribution in [0.15, 0.2) is 72.8 Å². The summed E-state index contributed by atoms with van der Waals surface area (Å²) in [4.78, 5) is 36.6. The van der Waals surface area contributed by atoms with Crippen molar-refractivity contribution in [2.24, 2.45) is 5.41 Å². The van der Waals surface area contributed by atoms with Gasteiger partial charge in [-0.25, -0.2) is 9.59 Å². The fourth-order valence-electron chi connectivity index (χ4n) is 2.49. The van der Waals surface area contributed by atoms with E-state index in [9.17, 15) is 14.4 Å². The van der Waals surface area contributed by atoms with Gasteiger partial charge in [0.25, 0.3) is 0 Å². The Morgan fingerprint density at radius 2 is 1.20 bits per heavy atom. The van der Waals surface area contributed by atoms with Gasteiger partial charge in [-0.15, -0.1) is 6.42 Å². The molecule has 0 radical (unpaired) electrons. The van der Waals surface area contributed by atoms with Crippen molar-refractivity contribution in [1.82, 2.24) is 0 Å². The molecule has 0 heterocycles. The number of hydrogen-bond acceptors (Lipinski definition) is 6. The Bertz CT molecular complexity index is 1200. The average molecular weight is 471 g/mol. The third-order valence-electron chi connectivity index (χ3n) is 4.70. The summed E-state index contributed by atoms with van der Waals surface area (Å²) in [6.07, 6.45) is 5.35. The molecule has 0 spiro atoms. The molecule has 0 fully saturated rings. The molecule has 0 N–H and O–H groups in total. The minimum atomic E-state index is -1.46. The van der Waals surface area contributed by atoms with Crippen LogP contribution in [0.1, 0.15) is 37.5 Å². The maximum atomic E-state index is 13.0. The van der Waals surface area contributed by atoms with Gasteiger partial charge in [-0.2, -0.15) is 0 Å². The SMILES string of the molecule is C#Cc1ccc(C#Cc2ccc(OC(=O)C(C)(COC(=O)C(=C)C)COC(=O)C(=C)C)cc2)cc1. The maximum absolute atomic E-state index is 13.0. The molecule has 2 aromatic rings. The molecule has 35 heavy (non-hydrogen) atoms. The lowest BCUT2D eigenvalue weighted by atomic mass is 9.93. The number of carbonyl (C=O) groups excluding carboxylic acids is 3. The number of hydrogen-bond donors (Lipinski definition) is 0. The lowest BCUT2D eigenvalue weighted by Gasteiger charge is -2.26. The summed E-state index contributed by atoms with van der Waals surface area (Å²) < 4.78 is 15.8. The molecule has 6 heteroatoms. The van der Waals surface area contributed by atoms with E-state index in [-0.39, 0.29) is 30.1 Å². The fraction of sp³-hybridized carbons (Fsp3) is 0.207. The second-order valence-corrected chi connectivity index (χ2v) is 8.16. The third-order valence-corrected chi connectivity index (χ3v) is 4.70. The van der Waals surface area contributed by atoms with Crippen LogP contribution in [0.5, 0.6) is 5.75 Å². The normalized spacial score (nSPS) is 10.1. The van der Waals surface area contributed by atoms with Crippen LogP contribution in [0.3, 0.4) is 0 Å². The highest BCUT2D eigenvalue weighted by Crippen LogP contribution is 2.24. The number of terminal acetylenes is 1.